The Bertz CT molecular complexity index is 1610. The Morgan fingerprint density at radius 1 is 0.875 bits per heavy atom. The van der Waals surface area contributed by atoms with Crippen molar-refractivity contribution in [3.05, 3.63) is 83.7 Å². The SMILES string of the molecule is COc1cc2ccc1OCC(=O)N[C@@H]1CN(C(=O)C3CCN(C(=O)c4ccncc4)CC3)CC[C@H]1Oc1ccc(cc1)CNC(=O)CC2. The topological polar surface area (TPSA) is 139 Å². The lowest BCUT2D eigenvalue weighted by Gasteiger charge is -2.41. The van der Waals surface area contributed by atoms with Crippen LogP contribution >= 0.6 is 0 Å². The number of nitrogens with one attached hydrogen (secondary N) is 2. The zero-order chi connectivity index (χ0) is 33.5. The van der Waals surface area contributed by atoms with Crippen LogP contribution in [0.15, 0.2) is 67.0 Å². The summed E-state index contributed by atoms with van der Waals surface area (Å²) in [5.41, 5.74) is 2.44. The van der Waals surface area contributed by atoms with Crippen molar-refractivity contribution in [2.24, 2.45) is 5.92 Å². The lowest BCUT2D eigenvalue weighted by atomic mass is 9.92. The van der Waals surface area contributed by atoms with Crippen LogP contribution in [-0.2, 0) is 27.3 Å². The number of aromatic nitrogens is 1. The van der Waals surface area contributed by atoms with Crippen molar-refractivity contribution in [2.45, 2.75) is 50.8 Å². The summed E-state index contributed by atoms with van der Waals surface area (Å²) in [6, 6.07) is 15.8. The quantitative estimate of drug-likeness (QED) is 0.440. The van der Waals surface area contributed by atoms with Gasteiger partial charge in [0.2, 0.25) is 11.8 Å². The summed E-state index contributed by atoms with van der Waals surface area (Å²) >= 11 is 0. The summed E-state index contributed by atoms with van der Waals surface area (Å²) in [7, 11) is 1.53. The highest BCUT2D eigenvalue weighted by molar-refractivity contribution is 5.94. The van der Waals surface area contributed by atoms with Crippen LogP contribution < -0.4 is 24.8 Å². The summed E-state index contributed by atoms with van der Waals surface area (Å²) in [6.07, 6.45) is 5.32. The van der Waals surface area contributed by atoms with E-state index in [1.54, 1.807) is 35.5 Å². The highest BCUT2D eigenvalue weighted by Crippen LogP contribution is 2.29. The molecule has 4 amide bonds. The van der Waals surface area contributed by atoms with Gasteiger partial charge in [0.05, 0.1) is 13.2 Å². The summed E-state index contributed by atoms with van der Waals surface area (Å²) in [5.74, 6) is 0.871. The third kappa shape index (κ3) is 8.04. The van der Waals surface area contributed by atoms with E-state index in [9.17, 15) is 19.2 Å². The average molecular weight is 656 g/mol. The van der Waals surface area contributed by atoms with Crippen LogP contribution in [0.5, 0.6) is 17.2 Å². The van der Waals surface area contributed by atoms with E-state index in [2.05, 4.69) is 15.6 Å². The van der Waals surface area contributed by atoms with Crippen LogP contribution in [0.25, 0.3) is 0 Å². The van der Waals surface area contributed by atoms with Gasteiger partial charge in [0.25, 0.3) is 11.8 Å². The third-order valence-corrected chi connectivity index (χ3v) is 9.19. The van der Waals surface area contributed by atoms with Gasteiger partial charge in [-0.25, -0.2) is 0 Å². The highest BCUT2D eigenvalue weighted by atomic mass is 16.5. The van der Waals surface area contributed by atoms with E-state index in [1.165, 1.54) is 7.11 Å². The number of aryl methyl sites for hydroxylation is 1. The van der Waals surface area contributed by atoms with Crippen LogP contribution in [0.3, 0.4) is 0 Å². The van der Waals surface area contributed by atoms with E-state index >= 15 is 0 Å². The van der Waals surface area contributed by atoms with Gasteiger partial charge in [-0.15, -0.1) is 0 Å². The second-order valence-electron chi connectivity index (χ2n) is 12.4. The zero-order valence-corrected chi connectivity index (χ0v) is 27.1. The molecule has 1 aromatic heterocycles. The van der Waals surface area contributed by atoms with Crippen molar-refractivity contribution in [3.8, 4) is 17.2 Å². The Hall–Kier alpha value is -5.13. The number of benzene rings is 2. The molecule has 2 saturated heterocycles. The molecule has 12 heteroatoms. The summed E-state index contributed by atoms with van der Waals surface area (Å²) < 4.78 is 17.7. The van der Waals surface area contributed by atoms with Crippen LogP contribution in [0, 0.1) is 5.92 Å². The number of nitrogens with zero attached hydrogens (tertiary/aromatic N) is 3. The lowest BCUT2D eigenvalue weighted by Crippen LogP contribution is -2.59. The maximum absolute atomic E-state index is 13.7. The summed E-state index contributed by atoms with van der Waals surface area (Å²) in [5, 5.41) is 6.03. The smallest absolute Gasteiger partial charge is 0.258 e. The number of rotatable bonds is 3. The molecule has 0 saturated carbocycles. The molecule has 6 aliphatic heterocycles. The van der Waals surface area contributed by atoms with Crippen LogP contribution in [0.1, 0.15) is 47.2 Å². The molecule has 7 heterocycles. The van der Waals surface area contributed by atoms with Gasteiger partial charge >= 0.3 is 0 Å². The van der Waals surface area contributed by atoms with Gasteiger partial charge in [-0.05, 0) is 66.8 Å². The molecular formula is C36H41N5O7. The number of piperidine rings is 2. The molecule has 2 aromatic carbocycles. The first-order chi connectivity index (χ1) is 23.4. The van der Waals surface area contributed by atoms with Gasteiger partial charge < -0.3 is 34.6 Å². The fraction of sp³-hybridized carbons (Fsp3) is 0.417. The molecule has 2 fully saturated rings. The van der Waals surface area contributed by atoms with E-state index in [1.807, 2.05) is 41.3 Å². The minimum Gasteiger partial charge on any atom is -0.493 e. The van der Waals surface area contributed by atoms with Crippen LogP contribution in [0.4, 0.5) is 0 Å². The molecular weight excluding hydrogens is 614 g/mol. The average Bonchev–Trinajstić information content (AvgIpc) is 3.13. The number of pyridine rings is 1. The molecule has 0 unspecified atom stereocenters. The van der Waals surface area contributed by atoms with Crippen molar-refractivity contribution < 1.29 is 33.4 Å². The molecule has 3 aromatic rings. The zero-order valence-electron chi connectivity index (χ0n) is 27.1. The first-order valence-electron chi connectivity index (χ1n) is 16.5. The standard InChI is InChI=1S/C36H41N5O7/c1-46-32-20-24-4-8-31(32)47-23-34(43)39-29-22-41(36(45)27-12-17-40(18-13-27)35(44)26-10-15-37-16-11-26)19-14-30(29)48-28-6-2-25(3-7-28)21-38-33(42)9-5-24/h2-4,6-8,10-11,15-16,20,27,29-30H,5,9,12-14,17-19,21-23H2,1H3,(H,38,42)(H,39,43)/t29-,30-/m1/s1. The van der Waals surface area contributed by atoms with Crippen molar-refractivity contribution in [1.82, 2.24) is 25.4 Å². The molecule has 2 N–H and O–H groups in total. The first kappa shape index (κ1) is 32.8. The number of hydrogen-bond donors (Lipinski definition) is 2. The highest BCUT2D eigenvalue weighted by Gasteiger charge is 2.37. The van der Waals surface area contributed by atoms with E-state index in [0.29, 0.717) is 81.1 Å². The van der Waals surface area contributed by atoms with Gasteiger partial charge in [-0.3, -0.25) is 24.2 Å². The lowest BCUT2D eigenvalue weighted by molar-refractivity contribution is -0.140. The fourth-order valence-corrected chi connectivity index (χ4v) is 6.46. The Balaban J connectivity index is 1.14. The fourth-order valence-electron chi connectivity index (χ4n) is 6.46. The molecule has 0 radical (unpaired) electrons. The van der Waals surface area contributed by atoms with E-state index in [0.717, 1.165) is 11.1 Å². The number of methoxy groups -OCH3 is 1. The predicted molar refractivity (Wildman–Crippen MR) is 176 cm³/mol. The number of hydrogen-bond acceptors (Lipinski definition) is 8. The normalized spacial score (nSPS) is 20.9. The van der Waals surface area contributed by atoms with Crippen molar-refractivity contribution in [1.29, 1.82) is 0 Å². The summed E-state index contributed by atoms with van der Waals surface area (Å²) in [4.78, 5) is 60.0. The third-order valence-electron chi connectivity index (χ3n) is 9.19. The molecule has 0 aliphatic carbocycles. The Morgan fingerprint density at radius 3 is 2.35 bits per heavy atom. The van der Waals surface area contributed by atoms with Gasteiger partial charge in [0.1, 0.15) is 11.9 Å². The molecule has 2 atom stereocenters. The number of carbonyl (C=O) groups excluding carboxylic acids is 4. The number of likely N-dealkylation sites (tertiary alicyclic amines) is 2. The Morgan fingerprint density at radius 2 is 1.60 bits per heavy atom. The minimum atomic E-state index is -0.485. The monoisotopic (exact) mass is 655 g/mol. The van der Waals surface area contributed by atoms with E-state index < -0.39 is 6.04 Å². The van der Waals surface area contributed by atoms with Gasteiger partial charge in [0, 0.05) is 69.4 Å². The van der Waals surface area contributed by atoms with Gasteiger partial charge in [-0.1, -0.05) is 18.2 Å². The predicted octanol–water partition coefficient (Wildman–Crippen LogP) is 2.75. The van der Waals surface area contributed by atoms with Crippen LogP contribution in [-0.4, -0.2) is 90.5 Å². The minimum absolute atomic E-state index is 0.0256. The number of carbonyl (C=O) groups is 4. The Labute approximate surface area is 279 Å². The van der Waals surface area contributed by atoms with Crippen molar-refractivity contribution >= 4 is 23.6 Å². The summed E-state index contributed by atoms with van der Waals surface area (Å²) in [6.45, 7) is 1.90. The van der Waals surface area contributed by atoms with Crippen molar-refractivity contribution in [2.75, 3.05) is 39.9 Å². The molecule has 0 spiro atoms. The molecule has 4 bridgehead atoms. The number of ether oxygens (including phenoxy) is 3. The van der Waals surface area contributed by atoms with Gasteiger partial charge in [0.15, 0.2) is 18.1 Å². The molecule has 9 rings (SSSR count). The Kier molecular flexibility index (Phi) is 10.4. The largest absolute Gasteiger partial charge is 0.493 e. The van der Waals surface area contributed by atoms with Crippen molar-refractivity contribution in [3.63, 3.8) is 0 Å². The molecule has 6 aliphatic rings. The maximum Gasteiger partial charge on any atom is 0.258 e. The molecule has 12 nitrogen and oxygen atoms in total. The maximum atomic E-state index is 13.7. The van der Waals surface area contributed by atoms with Gasteiger partial charge in [-0.2, -0.15) is 0 Å². The molecule has 252 valence electrons. The second kappa shape index (κ2) is 15.2. The first-order valence-corrected chi connectivity index (χ1v) is 16.5. The molecule has 48 heavy (non-hydrogen) atoms. The number of amides is 4. The second-order valence-corrected chi connectivity index (χ2v) is 12.4. The van der Waals surface area contributed by atoms with E-state index in [4.69, 9.17) is 14.2 Å². The van der Waals surface area contributed by atoms with E-state index in [-0.39, 0.29) is 48.8 Å². The van der Waals surface area contributed by atoms with Crippen LogP contribution in [0.2, 0.25) is 0 Å².